The maximum Gasteiger partial charge on any atom is 0.337 e. The molecule has 2 fully saturated rings. The minimum atomic E-state index is -0.607. The molecule has 12 nitrogen and oxygen atoms in total. The van der Waals surface area contributed by atoms with Crippen LogP contribution in [0.4, 0.5) is 29.7 Å². The van der Waals surface area contributed by atoms with Gasteiger partial charge < -0.3 is 34.1 Å². The molecule has 0 bridgehead atoms. The van der Waals surface area contributed by atoms with Crippen LogP contribution in [0.15, 0.2) is 97.1 Å². The predicted octanol–water partition coefficient (Wildman–Crippen LogP) is 7.13. The summed E-state index contributed by atoms with van der Waals surface area (Å²) in [5.74, 6) is -2.10. The van der Waals surface area contributed by atoms with Gasteiger partial charge in [0, 0.05) is 48.4 Å². The Balaban J connectivity index is 0.000000202. The van der Waals surface area contributed by atoms with Crippen molar-refractivity contribution in [3.63, 3.8) is 0 Å². The third-order valence-corrected chi connectivity index (χ3v) is 8.93. The first-order valence-electron chi connectivity index (χ1n) is 17.3. The molecule has 6 rings (SSSR count). The lowest BCUT2D eigenvalue weighted by atomic mass is 10.1. The number of rotatable bonds is 7. The lowest BCUT2D eigenvalue weighted by Crippen LogP contribution is -2.48. The molecule has 0 aromatic heterocycles. The van der Waals surface area contributed by atoms with Crippen LogP contribution in [-0.4, -0.2) is 101 Å². The van der Waals surface area contributed by atoms with Crippen LogP contribution >= 0.6 is 15.9 Å². The van der Waals surface area contributed by atoms with Crippen molar-refractivity contribution in [1.82, 2.24) is 9.80 Å². The summed E-state index contributed by atoms with van der Waals surface area (Å²) in [6.45, 7) is 4.58. The van der Waals surface area contributed by atoms with E-state index in [4.69, 9.17) is 9.47 Å². The van der Waals surface area contributed by atoms with E-state index in [0.29, 0.717) is 74.8 Å². The summed E-state index contributed by atoms with van der Waals surface area (Å²) in [4.78, 5) is 52.3. The second-order valence-electron chi connectivity index (χ2n) is 11.9. The number of amides is 4. The van der Waals surface area contributed by atoms with E-state index in [0.717, 1.165) is 11.8 Å². The summed E-state index contributed by atoms with van der Waals surface area (Å²) in [5, 5.41) is 3.27. The van der Waals surface area contributed by atoms with Crippen molar-refractivity contribution in [2.45, 2.75) is 11.9 Å². The number of benzene rings is 4. The molecular formula is C40H43BrF2N4O8. The molecule has 0 spiro atoms. The summed E-state index contributed by atoms with van der Waals surface area (Å²) < 4.78 is 47.2. The van der Waals surface area contributed by atoms with E-state index in [9.17, 15) is 28.0 Å². The van der Waals surface area contributed by atoms with Gasteiger partial charge >= 0.3 is 24.0 Å². The normalized spacial score (nSPS) is 13.5. The van der Waals surface area contributed by atoms with Gasteiger partial charge in [-0.05, 0) is 54.1 Å². The minimum absolute atomic E-state index is 0.0491. The van der Waals surface area contributed by atoms with Crippen LogP contribution in [0.3, 0.4) is 0 Å². The van der Waals surface area contributed by atoms with Crippen LogP contribution in [0, 0.1) is 11.6 Å². The summed E-state index contributed by atoms with van der Waals surface area (Å²) in [5.41, 5.74) is 2.69. The first-order chi connectivity index (χ1) is 26.6. The first-order valence-corrected chi connectivity index (χ1v) is 18.4. The van der Waals surface area contributed by atoms with Crippen molar-refractivity contribution >= 4 is 51.3 Å². The van der Waals surface area contributed by atoms with Crippen LogP contribution in [0.5, 0.6) is 0 Å². The van der Waals surface area contributed by atoms with Gasteiger partial charge in [-0.3, -0.25) is 4.90 Å². The molecule has 0 unspecified atom stereocenters. The summed E-state index contributed by atoms with van der Waals surface area (Å²) in [7, 11) is 2.50. The van der Waals surface area contributed by atoms with Gasteiger partial charge in [0.25, 0.3) is 0 Å². The number of nitrogens with zero attached hydrogens (tertiary/aromatic N) is 3. The number of halogens is 3. The van der Waals surface area contributed by atoms with Crippen molar-refractivity contribution in [1.29, 1.82) is 0 Å². The standard InChI is InChI=1S/C20H21FN2O4.C11H14N2O2.C9H8BrFO2/c1-26-19(24)15-7-8-16(18(21)13-15)14-23(17-5-3-2-4-6-17)20(25)22-9-11-27-12-10-22;14-11(13-6-8-15-9-7-13)12-10-4-2-1-3-5-10;1-13-9(12)6-2-3-7(5-10)8(11)4-6/h2-8,13H,9-12,14H2,1H3;1-5H,6-9H2,(H,12,14);2-4H,5H2,1H3. The lowest BCUT2D eigenvalue weighted by Gasteiger charge is -2.33. The van der Waals surface area contributed by atoms with Gasteiger partial charge in [0.15, 0.2) is 0 Å². The third-order valence-electron chi connectivity index (χ3n) is 8.32. The summed E-state index contributed by atoms with van der Waals surface area (Å²) in [6, 6.07) is 26.7. The number of carbonyl (C=O) groups excluding carboxylic acids is 4. The number of hydrogen-bond acceptors (Lipinski definition) is 8. The highest BCUT2D eigenvalue weighted by molar-refractivity contribution is 9.08. The van der Waals surface area contributed by atoms with Crippen LogP contribution in [0.1, 0.15) is 31.8 Å². The molecule has 2 aliphatic rings. The topological polar surface area (TPSA) is 127 Å². The number of alkyl halides is 1. The van der Waals surface area contributed by atoms with E-state index in [2.05, 4.69) is 30.7 Å². The molecular weight excluding hydrogens is 782 g/mol. The van der Waals surface area contributed by atoms with Crippen molar-refractivity contribution in [2.24, 2.45) is 0 Å². The molecule has 4 aromatic carbocycles. The molecule has 0 saturated carbocycles. The molecule has 0 aliphatic carbocycles. The summed E-state index contributed by atoms with van der Waals surface area (Å²) >= 11 is 3.13. The van der Waals surface area contributed by atoms with Crippen LogP contribution < -0.4 is 10.2 Å². The van der Waals surface area contributed by atoms with Crippen molar-refractivity contribution < 1.29 is 46.9 Å². The third kappa shape index (κ3) is 12.9. The van der Waals surface area contributed by atoms with Gasteiger partial charge in [-0.2, -0.15) is 0 Å². The van der Waals surface area contributed by atoms with Gasteiger partial charge in [0.05, 0.1) is 58.3 Å². The zero-order valence-electron chi connectivity index (χ0n) is 30.6. The Morgan fingerprint density at radius 1 is 0.691 bits per heavy atom. The second kappa shape index (κ2) is 22.1. The molecule has 1 N–H and O–H groups in total. The molecule has 4 amide bonds. The van der Waals surface area contributed by atoms with E-state index < -0.39 is 23.6 Å². The van der Waals surface area contributed by atoms with Gasteiger partial charge in [-0.1, -0.05) is 64.5 Å². The second-order valence-corrected chi connectivity index (χ2v) is 12.5. The zero-order chi connectivity index (χ0) is 39.6. The molecule has 2 aliphatic heterocycles. The average Bonchev–Trinajstić information content (AvgIpc) is 3.24. The molecule has 15 heteroatoms. The zero-order valence-corrected chi connectivity index (χ0v) is 32.1. The van der Waals surface area contributed by atoms with Crippen LogP contribution in [-0.2, 0) is 30.8 Å². The number of urea groups is 2. The monoisotopic (exact) mass is 824 g/mol. The fraction of sp³-hybridized carbons (Fsp3) is 0.300. The number of esters is 2. The molecule has 2 saturated heterocycles. The predicted molar refractivity (Wildman–Crippen MR) is 206 cm³/mol. The van der Waals surface area contributed by atoms with Crippen molar-refractivity contribution in [3.8, 4) is 0 Å². The number of anilines is 2. The van der Waals surface area contributed by atoms with Gasteiger partial charge in [-0.25, -0.2) is 28.0 Å². The fourth-order valence-electron chi connectivity index (χ4n) is 5.28. The van der Waals surface area contributed by atoms with E-state index >= 15 is 0 Å². The number of nitrogens with one attached hydrogen (secondary N) is 1. The number of carbonyl (C=O) groups is 4. The highest BCUT2D eigenvalue weighted by Gasteiger charge is 2.25. The Morgan fingerprint density at radius 3 is 1.64 bits per heavy atom. The maximum absolute atomic E-state index is 14.5. The van der Waals surface area contributed by atoms with Gasteiger partial charge in [0.2, 0.25) is 0 Å². The van der Waals surface area contributed by atoms with Crippen LogP contribution in [0.2, 0.25) is 0 Å². The Bertz CT molecular complexity index is 1860. The number of methoxy groups -OCH3 is 2. The van der Waals surface area contributed by atoms with Gasteiger partial charge in [-0.15, -0.1) is 0 Å². The van der Waals surface area contributed by atoms with E-state index in [1.165, 1.54) is 43.4 Å². The average molecular weight is 826 g/mol. The van der Waals surface area contributed by atoms with Gasteiger partial charge in [0.1, 0.15) is 11.6 Å². The number of hydrogen-bond donors (Lipinski definition) is 1. The Morgan fingerprint density at radius 2 is 1.16 bits per heavy atom. The van der Waals surface area contributed by atoms with Crippen LogP contribution in [0.25, 0.3) is 0 Å². The van der Waals surface area contributed by atoms with E-state index in [-0.39, 0.29) is 29.7 Å². The number of para-hydroxylation sites is 2. The molecule has 55 heavy (non-hydrogen) atoms. The first kappa shape index (κ1) is 42.4. The molecule has 4 aromatic rings. The molecule has 0 radical (unpaired) electrons. The SMILES string of the molecule is COC(=O)c1ccc(CBr)c(F)c1.COC(=O)c1ccc(CN(C(=O)N2CCOCC2)c2ccccc2)c(F)c1.O=C(Nc1ccccc1)N1CCOCC1. The van der Waals surface area contributed by atoms with E-state index in [1.807, 2.05) is 48.5 Å². The molecule has 0 atom stereocenters. The lowest BCUT2D eigenvalue weighted by molar-refractivity contribution is 0.0548. The minimum Gasteiger partial charge on any atom is -0.465 e. The maximum atomic E-state index is 14.5. The van der Waals surface area contributed by atoms with Crippen molar-refractivity contribution in [2.75, 3.05) is 77.0 Å². The Hall–Kier alpha value is -5.38. The summed E-state index contributed by atoms with van der Waals surface area (Å²) in [6.07, 6.45) is 0. The fourth-order valence-corrected chi connectivity index (χ4v) is 5.74. The Labute approximate surface area is 327 Å². The molecule has 2 heterocycles. The number of ether oxygens (including phenoxy) is 4. The highest BCUT2D eigenvalue weighted by atomic mass is 79.9. The van der Waals surface area contributed by atoms with Crippen molar-refractivity contribution in [3.05, 3.63) is 131 Å². The van der Waals surface area contributed by atoms with E-state index in [1.54, 1.807) is 28.0 Å². The largest absolute Gasteiger partial charge is 0.465 e. The Kier molecular flexibility index (Phi) is 17.0. The smallest absolute Gasteiger partial charge is 0.337 e. The number of morpholine rings is 2. The highest BCUT2D eigenvalue weighted by Crippen LogP contribution is 2.22. The quantitative estimate of drug-likeness (QED) is 0.154. The molecule has 292 valence electrons.